The minimum atomic E-state index is -0.839. The van der Waals surface area contributed by atoms with Gasteiger partial charge >= 0.3 is 0 Å². The first-order valence-electron chi connectivity index (χ1n) is 8.97. The molecular formula is C21H18FN3O2S. The smallest absolute Gasteiger partial charge is 0.276 e. The first-order chi connectivity index (χ1) is 13.5. The number of amides is 1. The molecule has 2 aromatic heterocycles. The van der Waals surface area contributed by atoms with Crippen molar-refractivity contribution in [1.82, 2.24) is 9.78 Å². The third-order valence-electron chi connectivity index (χ3n) is 4.72. The fourth-order valence-electron chi connectivity index (χ4n) is 3.34. The van der Waals surface area contributed by atoms with Gasteiger partial charge in [-0.2, -0.15) is 5.10 Å². The highest BCUT2D eigenvalue weighted by molar-refractivity contribution is 7.26. The number of halogens is 1. The summed E-state index contributed by atoms with van der Waals surface area (Å²) >= 11 is 1.52. The van der Waals surface area contributed by atoms with Crippen LogP contribution < -0.4 is 10.9 Å². The Morgan fingerprint density at radius 2 is 1.93 bits per heavy atom. The van der Waals surface area contributed by atoms with Gasteiger partial charge in [0.15, 0.2) is 0 Å². The Labute approximate surface area is 164 Å². The highest BCUT2D eigenvalue weighted by Crippen LogP contribution is 2.33. The number of para-hydroxylation sites is 1. The number of aromatic nitrogens is 2. The molecule has 0 aliphatic rings. The summed E-state index contributed by atoms with van der Waals surface area (Å²) in [6.45, 7) is 3.63. The predicted molar refractivity (Wildman–Crippen MR) is 110 cm³/mol. The van der Waals surface area contributed by atoms with Crippen LogP contribution in [0.15, 0.2) is 53.3 Å². The van der Waals surface area contributed by atoms with Crippen molar-refractivity contribution in [2.75, 3.05) is 5.32 Å². The van der Waals surface area contributed by atoms with Gasteiger partial charge in [-0.05, 0) is 31.5 Å². The van der Waals surface area contributed by atoms with Crippen molar-refractivity contribution in [3.63, 3.8) is 0 Å². The number of hydrogen-bond acceptors (Lipinski definition) is 4. The van der Waals surface area contributed by atoms with Crippen LogP contribution >= 0.6 is 11.3 Å². The standard InChI is InChI=1S/C21H18FN3O2S/c1-3-16(20(26)23-15-10-6-5-9-14(15)22)25-21(27)18-13-8-4-7-11-17(13)28-19(18)12(2)24-25/h4-11,16H,3H2,1-2H3,(H,23,26)/t16-/m0/s1. The van der Waals surface area contributed by atoms with E-state index < -0.39 is 17.8 Å². The van der Waals surface area contributed by atoms with Crippen LogP contribution in [-0.2, 0) is 4.79 Å². The largest absolute Gasteiger partial charge is 0.322 e. The fourth-order valence-corrected chi connectivity index (χ4v) is 4.47. The van der Waals surface area contributed by atoms with Crippen molar-refractivity contribution in [2.45, 2.75) is 26.3 Å². The van der Waals surface area contributed by atoms with E-state index in [1.807, 2.05) is 31.2 Å². The summed E-state index contributed by atoms with van der Waals surface area (Å²) in [5.74, 6) is -0.998. The van der Waals surface area contributed by atoms with Gasteiger partial charge in [0.05, 0.1) is 21.5 Å². The van der Waals surface area contributed by atoms with Gasteiger partial charge in [-0.3, -0.25) is 9.59 Å². The summed E-state index contributed by atoms with van der Waals surface area (Å²) < 4.78 is 17.0. The van der Waals surface area contributed by atoms with E-state index >= 15 is 0 Å². The van der Waals surface area contributed by atoms with Crippen LogP contribution in [0, 0.1) is 12.7 Å². The SMILES string of the molecule is CC[C@@H](C(=O)Nc1ccccc1F)n1nc(C)c2sc3ccccc3c2c1=O. The second-order valence-corrected chi connectivity index (χ2v) is 7.58. The Balaban J connectivity index is 1.83. The van der Waals surface area contributed by atoms with Gasteiger partial charge < -0.3 is 5.32 Å². The molecule has 0 unspecified atom stereocenters. The van der Waals surface area contributed by atoms with Crippen LogP contribution in [0.2, 0.25) is 0 Å². The lowest BCUT2D eigenvalue weighted by molar-refractivity contribution is -0.119. The Bertz CT molecular complexity index is 1260. The predicted octanol–water partition coefficient (Wildman–Crippen LogP) is 4.65. The topological polar surface area (TPSA) is 64.0 Å². The second-order valence-electron chi connectivity index (χ2n) is 6.53. The van der Waals surface area contributed by atoms with Crippen molar-refractivity contribution >= 4 is 43.1 Å². The van der Waals surface area contributed by atoms with E-state index in [1.54, 1.807) is 19.1 Å². The van der Waals surface area contributed by atoms with E-state index in [-0.39, 0.29) is 11.2 Å². The lowest BCUT2D eigenvalue weighted by Gasteiger charge is -2.18. The highest BCUT2D eigenvalue weighted by Gasteiger charge is 2.24. The van der Waals surface area contributed by atoms with Gasteiger partial charge in [-0.1, -0.05) is 37.3 Å². The zero-order chi connectivity index (χ0) is 19.8. The van der Waals surface area contributed by atoms with E-state index in [2.05, 4.69) is 10.4 Å². The minimum Gasteiger partial charge on any atom is -0.322 e. The number of carbonyl (C=O) groups excluding carboxylic acids is 1. The first-order valence-corrected chi connectivity index (χ1v) is 9.79. The van der Waals surface area contributed by atoms with Crippen molar-refractivity contribution in [3.05, 3.63) is 70.4 Å². The zero-order valence-corrected chi connectivity index (χ0v) is 16.2. The number of nitrogens with one attached hydrogen (secondary N) is 1. The molecular weight excluding hydrogens is 377 g/mol. The summed E-state index contributed by atoms with van der Waals surface area (Å²) in [5, 5.41) is 8.42. The van der Waals surface area contributed by atoms with Gasteiger partial charge in [0, 0.05) is 10.1 Å². The van der Waals surface area contributed by atoms with Crippen molar-refractivity contribution in [3.8, 4) is 0 Å². The summed E-state index contributed by atoms with van der Waals surface area (Å²) in [7, 11) is 0. The average molecular weight is 395 g/mol. The first kappa shape index (κ1) is 18.3. The molecule has 4 aromatic rings. The molecule has 0 saturated carbocycles. The number of anilines is 1. The quantitative estimate of drug-likeness (QED) is 0.547. The molecule has 2 heterocycles. The Morgan fingerprint density at radius 1 is 1.21 bits per heavy atom. The molecule has 1 amide bonds. The van der Waals surface area contributed by atoms with Crippen LogP contribution in [0.3, 0.4) is 0 Å². The molecule has 0 aliphatic carbocycles. The molecule has 5 nitrogen and oxygen atoms in total. The number of fused-ring (bicyclic) bond motifs is 3. The summed E-state index contributed by atoms with van der Waals surface area (Å²) in [6.07, 6.45) is 0.347. The lowest BCUT2D eigenvalue weighted by Crippen LogP contribution is -2.35. The van der Waals surface area contributed by atoms with Gasteiger partial charge in [-0.15, -0.1) is 11.3 Å². The number of thiophene rings is 1. The highest BCUT2D eigenvalue weighted by atomic mass is 32.1. The van der Waals surface area contributed by atoms with Crippen LogP contribution in [0.25, 0.3) is 20.2 Å². The molecule has 7 heteroatoms. The fraction of sp³-hybridized carbons (Fsp3) is 0.190. The van der Waals surface area contributed by atoms with Gasteiger partial charge in [0.2, 0.25) is 5.91 Å². The summed E-state index contributed by atoms with van der Waals surface area (Å²) in [5.41, 5.74) is 0.458. The summed E-state index contributed by atoms with van der Waals surface area (Å²) in [6, 6.07) is 12.8. The molecule has 4 rings (SSSR count). The van der Waals surface area contributed by atoms with E-state index in [9.17, 15) is 14.0 Å². The number of hydrogen-bond donors (Lipinski definition) is 1. The Morgan fingerprint density at radius 3 is 2.68 bits per heavy atom. The molecule has 0 bridgehead atoms. The zero-order valence-electron chi connectivity index (χ0n) is 15.4. The molecule has 28 heavy (non-hydrogen) atoms. The van der Waals surface area contributed by atoms with Crippen LogP contribution in [0.5, 0.6) is 0 Å². The van der Waals surface area contributed by atoms with E-state index in [4.69, 9.17) is 0 Å². The Kier molecular flexibility index (Phi) is 4.68. The van der Waals surface area contributed by atoms with Gasteiger partial charge in [0.1, 0.15) is 11.9 Å². The van der Waals surface area contributed by atoms with Crippen LogP contribution in [-0.4, -0.2) is 15.7 Å². The van der Waals surface area contributed by atoms with Crippen LogP contribution in [0.4, 0.5) is 10.1 Å². The van der Waals surface area contributed by atoms with E-state index in [0.29, 0.717) is 17.5 Å². The number of carbonyl (C=O) groups is 1. The maximum absolute atomic E-state index is 13.9. The van der Waals surface area contributed by atoms with Gasteiger partial charge in [-0.25, -0.2) is 9.07 Å². The molecule has 2 aromatic carbocycles. The Hall–Kier alpha value is -3.06. The molecule has 0 spiro atoms. The van der Waals surface area contributed by atoms with Crippen molar-refractivity contribution < 1.29 is 9.18 Å². The molecule has 0 saturated heterocycles. The van der Waals surface area contributed by atoms with Crippen molar-refractivity contribution in [1.29, 1.82) is 0 Å². The third kappa shape index (κ3) is 2.97. The number of nitrogens with zero attached hydrogens (tertiary/aromatic N) is 2. The minimum absolute atomic E-state index is 0.0813. The molecule has 1 N–H and O–H groups in total. The maximum Gasteiger partial charge on any atom is 0.276 e. The van der Waals surface area contributed by atoms with Crippen LogP contribution in [0.1, 0.15) is 25.1 Å². The average Bonchev–Trinajstić information content (AvgIpc) is 3.08. The number of rotatable bonds is 4. The molecule has 0 aliphatic heterocycles. The van der Waals surface area contributed by atoms with E-state index in [0.717, 1.165) is 14.8 Å². The normalized spacial score (nSPS) is 12.4. The molecule has 1 atom stereocenters. The second kappa shape index (κ2) is 7.16. The number of aryl methyl sites for hydroxylation is 1. The third-order valence-corrected chi connectivity index (χ3v) is 6.00. The monoisotopic (exact) mass is 395 g/mol. The molecule has 0 fully saturated rings. The number of benzene rings is 2. The molecule has 0 radical (unpaired) electrons. The van der Waals surface area contributed by atoms with Crippen molar-refractivity contribution in [2.24, 2.45) is 0 Å². The maximum atomic E-state index is 13.9. The van der Waals surface area contributed by atoms with E-state index in [1.165, 1.54) is 28.2 Å². The summed E-state index contributed by atoms with van der Waals surface area (Å²) in [4.78, 5) is 26.1. The van der Waals surface area contributed by atoms with Gasteiger partial charge in [0.25, 0.3) is 5.56 Å². The lowest BCUT2D eigenvalue weighted by atomic mass is 10.1. The molecule has 142 valence electrons.